The van der Waals surface area contributed by atoms with E-state index in [9.17, 15) is 14.9 Å². The summed E-state index contributed by atoms with van der Waals surface area (Å²) in [6, 6.07) is 0. The van der Waals surface area contributed by atoms with Crippen LogP contribution in [-0.4, -0.2) is 20.8 Å². The molecule has 1 amide bonds. The zero-order valence-electron chi connectivity index (χ0n) is 13.0. The number of thiophene rings is 1. The van der Waals surface area contributed by atoms with Crippen molar-refractivity contribution >= 4 is 33.3 Å². The normalized spacial score (nSPS) is 20.4. The van der Waals surface area contributed by atoms with Crippen LogP contribution in [0.5, 0.6) is 0 Å². The Bertz CT molecular complexity index is 902. The van der Waals surface area contributed by atoms with E-state index in [1.165, 1.54) is 23.7 Å². The lowest BCUT2D eigenvalue weighted by Gasteiger charge is -2.23. The quantitative estimate of drug-likeness (QED) is 0.650. The number of hydrogen-bond donors (Lipinski definition) is 2. The van der Waals surface area contributed by atoms with Crippen LogP contribution in [-0.2, 0) is 0 Å². The predicted molar refractivity (Wildman–Crippen MR) is 90.8 cm³/mol. The molecule has 0 bridgehead atoms. The number of carbonyl (C=O) groups excluding carboxylic acids is 1. The Morgan fingerprint density at radius 3 is 2.88 bits per heavy atom. The van der Waals surface area contributed by atoms with Gasteiger partial charge in [0.2, 0.25) is 0 Å². The fourth-order valence-electron chi connectivity index (χ4n) is 2.53. The maximum atomic E-state index is 12.6. The summed E-state index contributed by atoms with van der Waals surface area (Å²) in [5, 5.41) is 15.5. The van der Waals surface area contributed by atoms with E-state index in [2.05, 4.69) is 15.3 Å². The summed E-state index contributed by atoms with van der Waals surface area (Å²) in [6.07, 6.45) is 4.30. The fraction of sp³-hybridized carbons (Fsp3) is 0.267. The number of nitro groups is 1. The average Bonchev–Trinajstić information content (AvgIpc) is 2.97. The van der Waals surface area contributed by atoms with Crippen LogP contribution in [0.2, 0.25) is 0 Å². The Hall–Kier alpha value is -2.81. The first-order chi connectivity index (χ1) is 11.4. The molecule has 2 atom stereocenters. The molecule has 0 saturated carbocycles. The monoisotopic (exact) mass is 345 g/mol. The molecule has 2 unspecified atom stereocenters. The van der Waals surface area contributed by atoms with Crippen LogP contribution in [0, 0.1) is 22.0 Å². The molecule has 0 aliphatic heterocycles. The van der Waals surface area contributed by atoms with Gasteiger partial charge >= 0.3 is 0 Å². The van der Waals surface area contributed by atoms with Crippen LogP contribution in [0.4, 0.5) is 5.82 Å². The van der Waals surface area contributed by atoms with Gasteiger partial charge in [0.05, 0.1) is 20.7 Å². The molecule has 3 N–H and O–H groups in total. The van der Waals surface area contributed by atoms with Gasteiger partial charge in [-0.25, -0.2) is 9.97 Å². The molecule has 2 aromatic heterocycles. The molecule has 2 aromatic rings. The Balaban J connectivity index is 1.92. The van der Waals surface area contributed by atoms with Crippen LogP contribution in [0.1, 0.15) is 24.2 Å². The summed E-state index contributed by atoms with van der Waals surface area (Å²) in [6.45, 7) is 3.79. The van der Waals surface area contributed by atoms with Gasteiger partial charge in [-0.05, 0) is 12.0 Å². The number of carbonyl (C=O) groups is 1. The van der Waals surface area contributed by atoms with Gasteiger partial charge in [-0.15, -0.1) is 11.3 Å². The highest BCUT2D eigenvalue weighted by Crippen LogP contribution is 2.30. The largest absolute Gasteiger partial charge is 0.382 e. The van der Waals surface area contributed by atoms with E-state index < -0.39 is 4.92 Å². The minimum absolute atomic E-state index is 0.0161. The van der Waals surface area contributed by atoms with Crippen molar-refractivity contribution < 1.29 is 9.72 Å². The number of allylic oxidation sites excluding steroid dienone is 3. The van der Waals surface area contributed by atoms with Crippen molar-refractivity contribution in [3.05, 3.63) is 50.9 Å². The maximum Gasteiger partial charge on any atom is 0.267 e. The Morgan fingerprint density at radius 2 is 2.17 bits per heavy atom. The highest BCUT2D eigenvalue weighted by molar-refractivity contribution is 7.18. The van der Waals surface area contributed by atoms with Crippen molar-refractivity contribution in [1.82, 2.24) is 15.3 Å². The van der Waals surface area contributed by atoms with Gasteiger partial charge in [0.1, 0.15) is 12.1 Å². The smallest absolute Gasteiger partial charge is 0.267 e. The third kappa shape index (κ3) is 2.73. The van der Waals surface area contributed by atoms with Crippen LogP contribution in [0.3, 0.4) is 0 Å². The average molecular weight is 345 g/mol. The number of nitrogens with one attached hydrogen (secondary N) is 1. The molecule has 0 spiro atoms. The highest BCUT2D eigenvalue weighted by Gasteiger charge is 2.27. The first kappa shape index (κ1) is 16.1. The molecule has 0 fully saturated rings. The van der Waals surface area contributed by atoms with Crippen molar-refractivity contribution in [3.8, 4) is 0 Å². The zero-order valence-corrected chi connectivity index (χ0v) is 13.8. The second kappa shape index (κ2) is 6.00. The zero-order chi connectivity index (χ0) is 17.4. The lowest BCUT2D eigenvalue weighted by molar-refractivity contribution is -0.420. The summed E-state index contributed by atoms with van der Waals surface area (Å²) in [7, 11) is 0. The number of fused-ring (bicyclic) bond motifs is 1. The predicted octanol–water partition coefficient (Wildman–Crippen LogP) is 2.33. The number of rotatable bonds is 3. The minimum atomic E-state index is -0.456. The van der Waals surface area contributed by atoms with E-state index in [1.807, 2.05) is 13.8 Å². The Morgan fingerprint density at radius 1 is 1.42 bits per heavy atom. The molecule has 8 nitrogen and oxygen atoms in total. The topological polar surface area (TPSA) is 124 Å². The van der Waals surface area contributed by atoms with Gasteiger partial charge < -0.3 is 11.1 Å². The van der Waals surface area contributed by atoms with Gasteiger partial charge in [-0.2, -0.15) is 0 Å². The minimum Gasteiger partial charge on any atom is -0.382 e. The third-order valence-electron chi connectivity index (χ3n) is 4.11. The Kier molecular flexibility index (Phi) is 4.02. The van der Waals surface area contributed by atoms with Crippen LogP contribution in [0.15, 0.2) is 35.3 Å². The second-order valence-corrected chi connectivity index (χ2v) is 6.52. The summed E-state index contributed by atoms with van der Waals surface area (Å²) in [4.78, 5) is 31.2. The number of nitrogens with two attached hydrogens (primary N) is 1. The van der Waals surface area contributed by atoms with Crippen LogP contribution in [0.25, 0.3) is 10.2 Å². The molecular weight excluding hydrogens is 330 g/mol. The first-order valence-electron chi connectivity index (χ1n) is 7.25. The SMILES string of the molecule is CC1C=C([N+](=O)[O-])C=C(NC(=O)c2csc3c(N)ncnc23)C1C. The first-order valence-corrected chi connectivity index (χ1v) is 8.13. The number of aromatic nitrogens is 2. The number of nitrogen functional groups attached to an aromatic ring is 1. The maximum absolute atomic E-state index is 12.6. The highest BCUT2D eigenvalue weighted by atomic mass is 32.1. The van der Waals surface area contributed by atoms with Crippen molar-refractivity contribution in [2.24, 2.45) is 11.8 Å². The number of hydrogen-bond acceptors (Lipinski definition) is 7. The molecule has 0 saturated heterocycles. The van der Waals surface area contributed by atoms with E-state index in [1.54, 1.807) is 11.5 Å². The standard InChI is InChI=1S/C15H15N5O3S/c1-7-3-9(20(22)23)4-11(8(7)2)19-15(21)10-5-24-13-12(10)17-6-18-14(13)16/h3-8H,1-2H3,(H,19,21)(H2,16,17,18). The van der Waals surface area contributed by atoms with Crippen molar-refractivity contribution in [2.75, 3.05) is 5.73 Å². The van der Waals surface area contributed by atoms with E-state index in [-0.39, 0.29) is 23.4 Å². The molecular formula is C15H15N5O3S. The van der Waals surface area contributed by atoms with E-state index in [0.29, 0.717) is 27.3 Å². The van der Waals surface area contributed by atoms with Gasteiger partial charge in [0.25, 0.3) is 11.6 Å². The number of amides is 1. The van der Waals surface area contributed by atoms with Gasteiger partial charge in [0, 0.05) is 23.1 Å². The van der Waals surface area contributed by atoms with E-state index in [4.69, 9.17) is 5.73 Å². The van der Waals surface area contributed by atoms with Gasteiger partial charge in [-0.1, -0.05) is 13.8 Å². The van der Waals surface area contributed by atoms with Crippen molar-refractivity contribution in [3.63, 3.8) is 0 Å². The Labute approximate surface area is 141 Å². The number of nitrogens with zero attached hydrogens (tertiary/aromatic N) is 3. The van der Waals surface area contributed by atoms with Gasteiger partial charge in [0.15, 0.2) is 0 Å². The molecule has 0 aromatic carbocycles. The third-order valence-corrected chi connectivity index (χ3v) is 5.10. The van der Waals surface area contributed by atoms with Crippen LogP contribution >= 0.6 is 11.3 Å². The molecule has 9 heteroatoms. The fourth-order valence-corrected chi connectivity index (χ4v) is 3.43. The molecule has 0 radical (unpaired) electrons. The summed E-state index contributed by atoms with van der Waals surface area (Å²) >= 11 is 1.29. The molecule has 24 heavy (non-hydrogen) atoms. The molecule has 1 aliphatic rings. The number of anilines is 1. The van der Waals surface area contributed by atoms with E-state index in [0.717, 1.165) is 0 Å². The van der Waals surface area contributed by atoms with Crippen molar-refractivity contribution in [2.45, 2.75) is 13.8 Å². The van der Waals surface area contributed by atoms with Gasteiger partial charge in [-0.3, -0.25) is 14.9 Å². The van der Waals surface area contributed by atoms with E-state index >= 15 is 0 Å². The summed E-state index contributed by atoms with van der Waals surface area (Å²) in [5.41, 5.74) is 7.14. The lowest BCUT2D eigenvalue weighted by Crippen LogP contribution is -2.30. The molecule has 2 heterocycles. The van der Waals surface area contributed by atoms with Crippen LogP contribution < -0.4 is 11.1 Å². The molecule has 3 rings (SSSR count). The summed E-state index contributed by atoms with van der Waals surface area (Å²) < 4.78 is 0.646. The lowest BCUT2D eigenvalue weighted by atomic mass is 9.87. The summed E-state index contributed by atoms with van der Waals surface area (Å²) in [5.74, 6) is -0.138. The van der Waals surface area contributed by atoms with Crippen molar-refractivity contribution in [1.29, 1.82) is 0 Å². The molecule has 1 aliphatic carbocycles. The molecule has 124 valence electrons. The second-order valence-electron chi connectivity index (χ2n) is 5.64.